The average molecular weight is 607 g/mol. The number of hydrogen-bond donors (Lipinski definition) is 2. The largest absolute Gasteiger partial charge is 0.388 e. The standard InChI is InChI=1S/C25H34N4O5.4H2S/c1-27-10-12-28(13-11-27)18-8-6-17(7-9-18)24(32)26-21(16-4-2-3-5-16)25(33)29-14-19(30)23-22(29)20(31)15-34-23;;;;/h6-9,16,19,21-23,30H,2-5,10-15H2,1H3,(H,26,32);4*1H2/t19-,21-,22+,23+;;;;/m0..../s1. The summed E-state index contributed by atoms with van der Waals surface area (Å²) in [6.07, 6.45) is 2.18. The molecule has 0 bridgehead atoms. The lowest BCUT2D eigenvalue weighted by molar-refractivity contribution is -0.139. The van der Waals surface area contributed by atoms with E-state index in [2.05, 4.69) is 22.2 Å². The lowest BCUT2D eigenvalue weighted by Gasteiger charge is -2.34. The summed E-state index contributed by atoms with van der Waals surface area (Å²) < 4.78 is 5.42. The van der Waals surface area contributed by atoms with Crippen molar-refractivity contribution < 1.29 is 24.2 Å². The number of ketones is 1. The minimum atomic E-state index is -0.887. The first-order chi connectivity index (χ1) is 16.4. The molecule has 0 radical (unpaired) electrons. The molecule has 2 amide bonds. The Morgan fingerprint density at radius 1 is 1.00 bits per heavy atom. The molecule has 0 aromatic heterocycles. The lowest BCUT2D eigenvalue weighted by atomic mass is 9.95. The molecule has 4 fully saturated rings. The van der Waals surface area contributed by atoms with Crippen molar-refractivity contribution in [3.63, 3.8) is 0 Å². The fraction of sp³-hybridized carbons (Fsp3) is 0.640. The van der Waals surface area contributed by atoms with Crippen LogP contribution in [0, 0.1) is 5.92 Å². The molecule has 1 aliphatic carbocycles. The highest BCUT2D eigenvalue weighted by Crippen LogP contribution is 2.33. The zero-order chi connectivity index (χ0) is 23.8. The number of piperazine rings is 1. The fourth-order valence-corrected chi connectivity index (χ4v) is 5.82. The number of carbonyl (C=O) groups excluding carboxylic acids is 3. The Bertz CT molecular complexity index is 942. The van der Waals surface area contributed by atoms with Crippen LogP contribution in [-0.2, 0) is 14.3 Å². The smallest absolute Gasteiger partial charge is 0.251 e. The molecule has 3 aliphatic heterocycles. The summed E-state index contributed by atoms with van der Waals surface area (Å²) in [5.74, 6) is -0.749. The van der Waals surface area contributed by atoms with Crippen LogP contribution in [0.2, 0.25) is 0 Å². The van der Waals surface area contributed by atoms with Crippen LogP contribution in [0.5, 0.6) is 0 Å². The molecular weight excluding hydrogens is 565 g/mol. The molecular formula is C25H42N4O5S4. The van der Waals surface area contributed by atoms with Gasteiger partial charge >= 0.3 is 0 Å². The van der Waals surface area contributed by atoms with Gasteiger partial charge in [0.25, 0.3) is 5.91 Å². The van der Waals surface area contributed by atoms with Gasteiger partial charge in [0.15, 0.2) is 5.78 Å². The third-order valence-electron chi connectivity index (χ3n) is 7.86. The van der Waals surface area contributed by atoms with Crippen LogP contribution < -0.4 is 10.2 Å². The molecule has 0 spiro atoms. The first-order valence-electron chi connectivity index (χ1n) is 12.4. The van der Waals surface area contributed by atoms with Crippen molar-refractivity contribution in [3.8, 4) is 0 Å². The van der Waals surface area contributed by atoms with Gasteiger partial charge in [-0.05, 0) is 50.1 Å². The van der Waals surface area contributed by atoms with E-state index in [4.69, 9.17) is 4.74 Å². The Morgan fingerprint density at radius 3 is 2.21 bits per heavy atom. The van der Waals surface area contributed by atoms with Crippen LogP contribution in [-0.4, -0.2) is 103 Å². The predicted octanol–water partition coefficient (Wildman–Crippen LogP) is 0.718. The maximum atomic E-state index is 13.6. The summed E-state index contributed by atoms with van der Waals surface area (Å²) >= 11 is 0. The second kappa shape index (κ2) is 15.1. The third-order valence-corrected chi connectivity index (χ3v) is 7.86. The number of nitrogens with zero attached hydrogens (tertiary/aromatic N) is 3. The predicted molar refractivity (Wildman–Crippen MR) is 167 cm³/mol. The highest BCUT2D eigenvalue weighted by Gasteiger charge is 2.53. The monoisotopic (exact) mass is 606 g/mol. The van der Waals surface area contributed by atoms with Gasteiger partial charge in [-0.3, -0.25) is 14.4 Å². The molecule has 2 N–H and O–H groups in total. The van der Waals surface area contributed by atoms with Crippen molar-refractivity contribution >= 4 is 77.3 Å². The molecule has 1 saturated carbocycles. The second-order valence-corrected chi connectivity index (χ2v) is 10.1. The summed E-state index contributed by atoms with van der Waals surface area (Å²) in [6, 6.07) is 6.06. The second-order valence-electron chi connectivity index (χ2n) is 10.1. The number of ether oxygens (including phenoxy) is 1. The van der Waals surface area contributed by atoms with E-state index in [0.717, 1.165) is 57.5 Å². The number of likely N-dealkylation sites (tertiary alicyclic amines) is 1. The van der Waals surface area contributed by atoms with Crippen LogP contribution in [0.3, 0.4) is 0 Å². The van der Waals surface area contributed by atoms with Gasteiger partial charge in [-0.15, -0.1) is 0 Å². The number of anilines is 1. The summed E-state index contributed by atoms with van der Waals surface area (Å²) in [6.45, 7) is 3.89. The van der Waals surface area contributed by atoms with E-state index in [1.807, 2.05) is 24.3 Å². The SMILES string of the molecule is CN1CCN(c2ccc(C(=O)N[C@H](C(=O)N3C[C@H](O)[C@H]4OCC(=O)[C@H]43)C3CCCC3)cc2)CC1.S.S.S.S. The van der Waals surface area contributed by atoms with Gasteiger partial charge in [0.05, 0.1) is 6.54 Å². The number of rotatable bonds is 5. The van der Waals surface area contributed by atoms with Crippen molar-refractivity contribution in [1.29, 1.82) is 0 Å². The normalized spacial score (nSPS) is 25.8. The van der Waals surface area contributed by atoms with Crippen LogP contribution >= 0.6 is 54.0 Å². The minimum absolute atomic E-state index is 0. The molecule has 5 rings (SSSR count). The summed E-state index contributed by atoms with van der Waals surface area (Å²) in [5, 5.41) is 13.3. The minimum Gasteiger partial charge on any atom is -0.388 e. The van der Waals surface area contributed by atoms with Gasteiger partial charge in [-0.1, -0.05) is 12.8 Å². The van der Waals surface area contributed by atoms with Crippen LogP contribution in [0.15, 0.2) is 24.3 Å². The fourth-order valence-electron chi connectivity index (χ4n) is 5.82. The summed E-state index contributed by atoms with van der Waals surface area (Å²) in [4.78, 5) is 45.2. The zero-order valence-corrected chi connectivity index (χ0v) is 25.7. The first kappa shape index (κ1) is 34.9. The zero-order valence-electron chi connectivity index (χ0n) is 21.7. The van der Waals surface area contributed by atoms with E-state index in [-0.39, 0.29) is 90.6 Å². The Balaban J connectivity index is 0.00000180. The first-order valence-corrected chi connectivity index (χ1v) is 12.4. The molecule has 1 aromatic carbocycles. The Kier molecular flexibility index (Phi) is 13.8. The van der Waals surface area contributed by atoms with E-state index in [1.54, 1.807) is 0 Å². The number of fused-ring (bicyclic) bond motifs is 1. The highest BCUT2D eigenvalue weighted by atomic mass is 32.1. The van der Waals surface area contributed by atoms with Gasteiger partial charge in [0.1, 0.15) is 30.9 Å². The number of aliphatic hydroxyl groups is 1. The highest BCUT2D eigenvalue weighted by molar-refractivity contribution is 7.59. The Labute approximate surface area is 252 Å². The summed E-state index contributed by atoms with van der Waals surface area (Å²) in [5.41, 5.74) is 1.60. The van der Waals surface area contributed by atoms with Crippen molar-refractivity contribution in [2.24, 2.45) is 5.92 Å². The number of Topliss-reactive ketones (excluding diaryl/α,β-unsaturated/α-hetero) is 1. The number of carbonyl (C=O) groups is 3. The topological polar surface area (TPSA) is 102 Å². The number of benzene rings is 1. The molecule has 9 nitrogen and oxygen atoms in total. The van der Waals surface area contributed by atoms with Gasteiger partial charge in [-0.25, -0.2) is 0 Å². The van der Waals surface area contributed by atoms with Crippen molar-refractivity contribution in [2.75, 3.05) is 51.3 Å². The number of β-amino-alcohol motifs (C(OH)–C–C–N with tert-alkyl or cyclic N) is 1. The lowest BCUT2D eigenvalue weighted by Crippen LogP contribution is -2.54. The molecule has 3 heterocycles. The van der Waals surface area contributed by atoms with E-state index < -0.39 is 24.3 Å². The van der Waals surface area contributed by atoms with E-state index in [0.29, 0.717) is 5.56 Å². The summed E-state index contributed by atoms with van der Waals surface area (Å²) in [7, 11) is 2.12. The number of amides is 2. The maximum absolute atomic E-state index is 13.6. The molecule has 13 heteroatoms. The maximum Gasteiger partial charge on any atom is 0.251 e. The molecule has 216 valence electrons. The van der Waals surface area contributed by atoms with Crippen molar-refractivity contribution in [3.05, 3.63) is 29.8 Å². The molecule has 38 heavy (non-hydrogen) atoms. The average Bonchev–Trinajstić information content (AvgIpc) is 3.58. The van der Waals surface area contributed by atoms with E-state index >= 15 is 0 Å². The number of hydrogen-bond acceptors (Lipinski definition) is 7. The Morgan fingerprint density at radius 2 is 1.61 bits per heavy atom. The number of nitrogens with one attached hydrogen (secondary N) is 1. The number of likely N-dealkylation sites (N-methyl/N-ethyl adjacent to an activating group) is 1. The van der Waals surface area contributed by atoms with Crippen molar-refractivity contribution in [2.45, 2.75) is 50.0 Å². The molecule has 3 saturated heterocycles. The van der Waals surface area contributed by atoms with E-state index in [1.165, 1.54) is 4.90 Å². The molecule has 4 atom stereocenters. The van der Waals surface area contributed by atoms with Gasteiger partial charge in [0, 0.05) is 37.4 Å². The quantitative estimate of drug-likeness (QED) is 0.509. The van der Waals surface area contributed by atoms with Crippen LogP contribution in [0.4, 0.5) is 5.69 Å². The number of aliphatic hydroxyl groups excluding tert-OH is 1. The molecule has 4 aliphatic rings. The Hall–Kier alpha value is -1.09. The van der Waals surface area contributed by atoms with Crippen LogP contribution in [0.1, 0.15) is 36.0 Å². The molecule has 1 aromatic rings. The van der Waals surface area contributed by atoms with Crippen LogP contribution in [0.25, 0.3) is 0 Å². The van der Waals surface area contributed by atoms with Crippen molar-refractivity contribution in [1.82, 2.24) is 15.1 Å². The molecule has 0 unspecified atom stereocenters. The van der Waals surface area contributed by atoms with Gasteiger partial charge in [-0.2, -0.15) is 54.0 Å². The van der Waals surface area contributed by atoms with Gasteiger partial charge < -0.3 is 29.9 Å². The van der Waals surface area contributed by atoms with Gasteiger partial charge in [0.2, 0.25) is 5.91 Å². The van der Waals surface area contributed by atoms with E-state index in [9.17, 15) is 19.5 Å². The third kappa shape index (κ3) is 7.15.